The third kappa shape index (κ3) is 4.66. The molecule has 7 nitrogen and oxygen atoms in total. The van der Waals surface area contributed by atoms with Crippen LogP contribution in [0.25, 0.3) is 0 Å². The number of sulfonamides is 1. The van der Waals surface area contributed by atoms with E-state index in [1.807, 2.05) is 30.3 Å². The van der Waals surface area contributed by atoms with Crippen LogP contribution in [-0.4, -0.2) is 38.9 Å². The Balaban J connectivity index is 1.68. The smallest absolute Gasteiger partial charge is 0.294 e. The monoisotopic (exact) mass is 388 g/mol. The number of carbonyl (C=O) groups excluding carboxylic acids is 1. The Bertz CT molecular complexity index is 924. The Morgan fingerprint density at radius 3 is 2.41 bits per heavy atom. The van der Waals surface area contributed by atoms with Crippen LogP contribution in [0.3, 0.4) is 0 Å². The number of rotatable bonds is 6. The lowest BCUT2D eigenvalue weighted by Crippen LogP contribution is -2.26. The summed E-state index contributed by atoms with van der Waals surface area (Å²) in [5, 5.41) is 2.64. The van der Waals surface area contributed by atoms with E-state index in [0.717, 1.165) is 5.56 Å². The molecule has 0 radical (unpaired) electrons. The number of nitrogens with one attached hydrogen (secondary N) is 1. The van der Waals surface area contributed by atoms with Gasteiger partial charge in [0.15, 0.2) is 0 Å². The highest BCUT2D eigenvalue weighted by molar-refractivity contribution is 7.89. The van der Waals surface area contributed by atoms with E-state index in [4.69, 9.17) is 9.47 Å². The van der Waals surface area contributed by atoms with E-state index in [1.54, 1.807) is 0 Å². The van der Waals surface area contributed by atoms with Gasteiger partial charge in [0.05, 0.1) is 4.90 Å². The number of ether oxygens (including phenoxy) is 2. The highest BCUT2D eigenvalue weighted by atomic mass is 32.2. The zero-order valence-electron chi connectivity index (χ0n) is 14.8. The van der Waals surface area contributed by atoms with E-state index < -0.39 is 15.9 Å². The lowest BCUT2D eigenvalue weighted by atomic mass is 10.2. The number of carbonyl (C=O) groups is 1. The van der Waals surface area contributed by atoms with Crippen LogP contribution in [0.15, 0.2) is 71.5 Å². The minimum absolute atomic E-state index is 0.0838. The zero-order chi connectivity index (χ0) is 19.3. The lowest BCUT2D eigenvalue weighted by Gasteiger charge is -2.18. The molecule has 0 saturated heterocycles. The van der Waals surface area contributed by atoms with Crippen LogP contribution in [0.5, 0.6) is 0 Å². The van der Waals surface area contributed by atoms with Crippen molar-refractivity contribution in [1.82, 2.24) is 4.31 Å². The molecule has 2 aromatic carbocycles. The molecule has 0 unspecified atom stereocenters. The van der Waals surface area contributed by atoms with Gasteiger partial charge >= 0.3 is 0 Å². The second-order valence-electron chi connectivity index (χ2n) is 5.93. The number of hydrogen-bond donors (Lipinski definition) is 1. The van der Waals surface area contributed by atoms with E-state index in [-0.39, 0.29) is 17.2 Å². The molecule has 1 heterocycles. The number of nitrogens with zero attached hydrogens (tertiary/aromatic N) is 1. The molecule has 27 heavy (non-hydrogen) atoms. The van der Waals surface area contributed by atoms with Gasteiger partial charge in [-0.2, -0.15) is 4.31 Å². The molecule has 3 rings (SSSR count). The lowest BCUT2D eigenvalue weighted by molar-refractivity contribution is -0.117. The van der Waals surface area contributed by atoms with Crippen molar-refractivity contribution >= 4 is 21.6 Å². The molecule has 1 amide bonds. The van der Waals surface area contributed by atoms with Crippen molar-refractivity contribution in [3.63, 3.8) is 0 Å². The van der Waals surface area contributed by atoms with Gasteiger partial charge in [-0.05, 0) is 29.8 Å². The van der Waals surface area contributed by atoms with E-state index in [9.17, 15) is 13.2 Å². The van der Waals surface area contributed by atoms with Crippen LogP contribution in [0, 0.1) is 0 Å². The minimum Gasteiger partial charge on any atom is -0.494 e. The van der Waals surface area contributed by atoms with Crippen molar-refractivity contribution in [3.05, 3.63) is 72.2 Å². The fourth-order valence-electron chi connectivity index (χ4n) is 2.50. The summed E-state index contributed by atoms with van der Waals surface area (Å²) in [7, 11) is -2.11. The predicted octanol–water partition coefficient (Wildman–Crippen LogP) is 2.33. The van der Waals surface area contributed by atoms with Gasteiger partial charge in [-0.15, -0.1) is 0 Å². The molecule has 0 saturated carbocycles. The van der Waals surface area contributed by atoms with Crippen molar-refractivity contribution in [2.75, 3.05) is 25.6 Å². The summed E-state index contributed by atoms with van der Waals surface area (Å²) in [6.07, 6.45) is 1.26. The Morgan fingerprint density at radius 2 is 1.78 bits per heavy atom. The molecule has 1 N–H and O–H groups in total. The normalized spacial score (nSPS) is 14.1. The van der Waals surface area contributed by atoms with Gasteiger partial charge in [-0.25, -0.2) is 8.42 Å². The maximum absolute atomic E-state index is 12.7. The van der Waals surface area contributed by atoms with Crippen molar-refractivity contribution in [2.45, 2.75) is 11.4 Å². The fraction of sp³-hybridized carbons (Fsp3) is 0.211. The summed E-state index contributed by atoms with van der Waals surface area (Å²) in [4.78, 5) is 12.2. The van der Waals surface area contributed by atoms with Gasteiger partial charge in [0, 0.05) is 19.3 Å². The number of amides is 1. The van der Waals surface area contributed by atoms with Crippen LogP contribution < -0.4 is 5.32 Å². The van der Waals surface area contributed by atoms with Crippen molar-refractivity contribution < 1.29 is 22.7 Å². The van der Waals surface area contributed by atoms with Crippen LogP contribution >= 0.6 is 0 Å². The molecule has 0 fully saturated rings. The first-order chi connectivity index (χ1) is 13.0. The first-order valence-electron chi connectivity index (χ1n) is 8.33. The first kappa shape index (κ1) is 18.9. The minimum atomic E-state index is -3.64. The molecular weight excluding hydrogens is 368 g/mol. The van der Waals surface area contributed by atoms with Crippen LogP contribution in [-0.2, 0) is 30.8 Å². The quantitative estimate of drug-likeness (QED) is 0.821. The number of benzene rings is 2. The van der Waals surface area contributed by atoms with Gasteiger partial charge in [0.2, 0.25) is 15.8 Å². The third-order valence-corrected chi connectivity index (χ3v) is 5.76. The molecule has 0 bridgehead atoms. The Kier molecular flexibility index (Phi) is 5.78. The summed E-state index contributed by atoms with van der Waals surface area (Å²) >= 11 is 0. The summed E-state index contributed by atoms with van der Waals surface area (Å²) < 4.78 is 37.0. The number of hydrogen-bond acceptors (Lipinski definition) is 5. The molecule has 2 aromatic rings. The largest absolute Gasteiger partial charge is 0.494 e. The summed E-state index contributed by atoms with van der Waals surface area (Å²) in [6, 6.07) is 15.3. The first-order valence-corrected chi connectivity index (χ1v) is 9.77. The fourth-order valence-corrected chi connectivity index (χ4v) is 3.65. The summed E-state index contributed by atoms with van der Waals surface area (Å²) in [5.41, 5.74) is 1.36. The van der Waals surface area contributed by atoms with Crippen molar-refractivity contribution in [3.8, 4) is 0 Å². The van der Waals surface area contributed by atoms with E-state index in [2.05, 4.69) is 5.32 Å². The second-order valence-corrected chi connectivity index (χ2v) is 7.97. The SMILES string of the molecule is CN(Cc1ccccc1)S(=O)(=O)c1ccc(NC(=O)C2=COCCO2)cc1. The van der Waals surface area contributed by atoms with E-state index in [1.165, 1.54) is 41.9 Å². The molecule has 1 aliphatic rings. The highest BCUT2D eigenvalue weighted by Gasteiger charge is 2.21. The van der Waals surface area contributed by atoms with Gasteiger partial charge < -0.3 is 14.8 Å². The topological polar surface area (TPSA) is 84.9 Å². The molecule has 0 aromatic heterocycles. The molecule has 8 heteroatoms. The van der Waals surface area contributed by atoms with Gasteiger partial charge in [0.25, 0.3) is 5.91 Å². The Hall–Kier alpha value is -2.84. The van der Waals surface area contributed by atoms with Gasteiger partial charge in [-0.1, -0.05) is 30.3 Å². The molecule has 0 aliphatic carbocycles. The second kappa shape index (κ2) is 8.24. The molecule has 0 atom stereocenters. The predicted molar refractivity (Wildman–Crippen MR) is 100 cm³/mol. The zero-order valence-corrected chi connectivity index (χ0v) is 15.6. The Morgan fingerprint density at radius 1 is 1.07 bits per heavy atom. The van der Waals surface area contributed by atoms with Crippen LogP contribution in [0.1, 0.15) is 5.56 Å². The van der Waals surface area contributed by atoms with E-state index in [0.29, 0.717) is 18.9 Å². The number of anilines is 1. The van der Waals surface area contributed by atoms with Gasteiger partial charge in [0.1, 0.15) is 19.5 Å². The molecule has 1 aliphatic heterocycles. The third-order valence-electron chi connectivity index (χ3n) is 3.94. The standard InChI is InChI=1S/C19H20N2O5S/c1-21(13-15-5-3-2-4-6-15)27(23,24)17-9-7-16(8-10-17)20-19(22)18-14-25-11-12-26-18/h2-10,14H,11-13H2,1H3,(H,20,22). The van der Waals surface area contributed by atoms with Crippen LogP contribution in [0.2, 0.25) is 0 Å². The maximum atomic E-state index is 12.7. The van der Waals surface area contributed by atoms with Crippen molar-refractivity contribution in [2.24, 2.45) is 0 Å². The average Bonchev–Trinajstić information content (AvgIpc) is 2.70. The van der Waals surface area contributed by atoms with Gasteiger partial charge in [-0.3, -0.25) is 4.79 Å². The molecular formula is C19H20N2O5S. The summed E-state index contributed by atoms with van der Waals surface area (Å²) in [5.74, 6) is -0.368. The van der Waals surface area contributed by atoms with E-state index >= 15 is 0 Å². The molecule has 142 valence electrons. The summed E-state index contributed by atoms with van der Waals surface area (Å²) in [6.45, 7) is 0.983. The van der Waals surface area contributed by atoms with Crippen molar-refractivity contribution in [1.29, 1.82) is 0 Å². The Labute approximate surface area is 158 Å². The average molecular weight is 388 g/mol. The highest BCUT2D eigenvalue weighted by Crippen LogP contribution is 2.20. The molecule has 0 spiro atoms. The van der Waals surface area contributed by atoms with Crippen LogP contribution in [0.4, 0.5) is 5.69 Å². The maximum Gasteiger partial charge on any atom is 0.294 e.